The first-order valence-corrected chi connectivity index (χ1v) is 18.0. The third-order valence-electron chi connectivity index (χ3n) is 11.0. The average Bonchev–Trinajstić information content (AvgIpc) is 3.83. The Morgan fingerprint density at radius 1 is 0.434 bits per heavy atom. The molecule has 0 amide bonds. The predicted molar refractivity (Wildman–Crippen MR) is 215 cm³/mol. The highest BCUT2D eigenvalue weighted by molar-refractivity contribution is 6.12. The van der Waals surface area contributed by atoms with Crippen molar-refractivity contribution in [3.05, 3.63) is 169 Å². The fraction of sp³-hybridized carbons (Fsp3) is 0.0625. The van der Waals surface area contributed by atoms with Gasteiger partial charge in [-0.1, -0.05) is 147 Å². The van der Waals surface area contributed by atoms with Crippen molar-refractivity contribution >= 4 is 43.7 Å². The molecule has 7 aromatic carbocycles. The van der Waals surface area contributed by atoms with Gasteiger partial charge < -0.3 is 4.42 Å². The van der Waals surface area contributed by atoms with Gasteiger partial charge in [0.05, 0.1) is 11.0 Å². The number of furan rings is 1. The van der Waals surface area contributed by atoms with Crippen LogP contribution in [-0.2, 0) is 5.41 Å². The highest BCUT2D eigenvalue weighted by Crippen LogP contribution is 2.55. The van der Waals surface area contributed by atoms with Crippen LogP contribution in [0.15, 0.2) is 162 Å². The van der Waals surface area contributed by atoms with Crippen molar-refractivity contribution in [2.24, 2.45) is 0 Å². The Morgan fingerprint density at radius 3 is 1.72 bits per heavy atom. The van der Waals surface area contributed by atoms with Gasteiger partial charge in [-0.25, -0.2) is 4.98 Å². The molecule has 1 aliphatic rings. The van der Waals surface area contributed by atoms with Gasteiger partial charge in [-0.05, 0) is 57.6 Å². The fourth-order valence-corrected chi connectivity index (χ4v) is 8.75. The molecule has 250 valence electrons. The standard InChI is InChI=1S/C48H32N4O/c1-48(2)43-32(18-12-19-35(43)36-27-28-41-42(44(36)48)37-17-8-11-22-40(37)53-41)29-23-25-31(26-24-29)46-49-45(30-13-4-3-5-14-30)50-47(51-46)52-38-20-9-6-15-33(38)34-16-7-10-21-39(34)52/h3-28H,1-2H3. The van der Waals surface area contributed by atoms with E-state index in [4.69, 9.17) is 19.4 Å². The third kappa shape index (κ3) is 4.34. The van der Waals surface area contributed by atoms with Gasteiger partial charge in [-0.2, -0.15) is 9.97 Å². The second-order valence-electron chi connectivity index (χ2n) is 14.4. The monoisotopic (exact) mass is 680 g/mol. The molecular formula is C48H32N4O. The van der Waals surface area contributed by atoms with Gasteiger partial charge in [0.1, 0.15) is 11.2 Å². The van der Waals surface area contributed by atoms with Crippen LogP contribution < -0.4 is 0 Å². The summed E-state index contributed by atoms with van der Waals surface area (Å²) in [6.07, 6.45) is 0. The van der Waals surface area contributed by atoms with Crippen molar-refractivity contribution in [2.45, 2.75) is 19.3 Å². The maximum atomic E-state index is 6.33. The van der Waals surface area contributed by atoms with E-state index in [1.807, 2.05) is 36.4 Å². The molecule has 11 rings (SSSR count). The minimum atomic E-state index is -0.248. The van der Waals surface area contributed by atoms with Crippen LogP contribution in [0.5, 0.6) is 0 Å². The molecule has 5 nitrogen and oxygen atoms in total. The van der Waals surface area contributed by atoms with Crippen molar-refractivity contribution < 1.29 is 4.42 Å². The van der Waals surface area contributed by atoms with Gasteiger partial charge in [0.25, 0.3) is 0 Å². The Morgan fingerprint density at radius 2 is 1.00 bits per heavy atom. The number of hydrogen-bond donors (Lipinski definition) is 0. The van der Waals surface area contributed by atoms with E-state index in [-0.39, 0.29) is 5.41 Å². The van der Waals surface area contributed by atoms with Gasteiger partial charge in [-0.15, -0.1) is 0 Å². The number of para-hydroxylation sites is 3. The molecular weight excluding hydrogens is 649 g/mol. The summed E-state index contributed by atoms with van der Waals surface area (Å²) < 4.78 is 8.49. The lowest BCUT2D eigenvalue weighted by molar-refractivity contribution is 0.658. The van der Waals surface area contributed by atoms with Crippen molar-refractivity contribution in [3.8, 4) is 51.0 Å². The minimum absolute atomic E-state index is 0.248. The predicted octanol–water partition coefficient (Wildman–Crippen LogP) is 12.2. The second kappa shape index (κ2) is 11.1. The van der Waals surface area contributed by atoms with E-state index in [1.54, 1.807) is 0 Å². The van der Waals surface area contributed by atoms with E-state index >= 15 is 0 Å². The Labute approximate surface area is 305 Å². The molecule has 0 fully saturated rings. The number of nitrogens with zero attached hydrogens (tertiary/aromatic N) is 4. The SMILES string of the molecule is CC1(C)c2c(-c3ccc(-c4nc(-c5ccccc5)nc(-n5c6ccccc6c6ccccc65)n4)cc3)cccc2-c2ccc3oc4ccccc4c3c21. The lowest BCUT2D eigenvalue weighted by atomic mass is 9.77. The van der Waals surface area contributed by atoms with Crippen LogP contribution in [0.4, 0.5) is 0 Å². The molecule has 0 spiro atoms. The molecule has 0 N–H and O–H groups in total. The second-order valence-corrected chi connectivity index (χ2v) is 14.4. The van der Waals surface area contributed by atoms with Crippen molar-refractivity contribution in [1.29, 1.82) is 0 Å². The largest absolute Gasteiger partial charge is 0.456 e. The highest BCUT2D eigenvalue weighted by atomic mass is 16.3. The molecule has 53 heavy (non-hydrogen) atoms. The molecule has 0 aliphatic heterocycles. The van der Waals surface area contributed by atoms with Crippen LogP contribution in [0.25, 0.3) is 94.7 Å². The fourth-order valence-electron chi connectivity index (χ4n) is 8.75. The zero-order chi connectivity index (χ0) is 35.3. The number of fused-ring (bicyclic) bond motifs is 10. The first-order valence-electron chi connectivity index (χ1n) is 18.0. The summed E-state index contributed by atoms with van der Waals surface area (Å²) in [5.41, 5.74) is 13.2. The smallest absolute Gasteiger partial charge is 0.238 e. The Hall–Kier alpha value is -6.85. The number of hydrogen-bond acceptors (Lipinski definition) is 4. The molecule has 10 aromatic rings. The number of aromatic nitrogens is 4. The molecule has 0 radical (unpaired) electrons. The van der Waals surface area contributed by atoms with Gasteiger partial charge >= 0.3 is 0 Å². The Kier molecular flexibility index (Phi) is 6.23. The van der Waals surface area contributed by atoms with Gasteiger partial charge in [0, 0.05) is 38.1 Å². The van der Waals surface area contributed by atoms with Crippen LogP contribution in [-0.4, -0.2) is 19.5 Å². The van der Waals surface area contributed by atoms with Crippen LogP contribution in [0, 0.1) is 0 Å². The van der Waals surface area contributed by atoms with E-state index in [9.17, 15) is 0 Å². The third-order valence-corrected chi connectivity index (χ3v) is 11.0. The minimum Gasteiger partial charge on any atom is -0.456 e. The van der Waals surface area contributed by atoms with E-state index < -0.39 is 0 Å². The van der Waals surface area contributed by atoms with Crippen LogP contribution >= 0.6 is 0 Å². The maximum Gasteiger partial charge on any atom is 0.238 e. The van der Waals surface area contributed by atoms with Crippen LogP contribution in [0.1, 0.15) is 25.0 Å². The molecule has 0 atom stereocenters. The molecule has 0 unspecified atom stereocenters. The number of rotatable bonds is 4. The van der Waals surface area contributed by atoms with Gasteiger partial charge in [-0.3, -0.25) is 4.57 Å². The summed E-state index contributed by atoms with van der Waals surface area (Å²) in [7, 11) is 0. The lowest BCUT2D eigenvalue weighted by Gasteiger charge is -2.25. The summed E-state index contributed by atoms with van der Waals surface area (Å²) in [5.74, 6) is 1.85. The lowest BCUT2D eigenvalue weighted by Crippen LogP contribution is -2.16. The van der Waals surface area contributed by atoms with Gasteiger partial charge in [0.15, 0.2) is 11.6 Å². The number of benzene rings is 7. The Bertz CT molecular complexity index is 3030. The molecule has 3 aromatic heterocycles. The van der Waals surface area contributed by atoms with Gasteiger partial charge in [0.2, 0.25) is 5.95 Å². The summed E-state index contributed by atoms with van der Waals surface area (Å²) in [5, 5.41) is 4.71. The van der Waals surface area contributed by atoms with Crippen LogP contribution in [0.3, 0.4) is 0 Å². The summed E-state index contributed by atoms with van der Waals surface area (Å²) in [6, 6.07) is 55.2. The topological polar surface area (TPSA) is 56.7 Å². The zero-order valence-electron chi connectivity index (χ0n) is 29.2. The van der Waals surface area contributed by atoms with E-state index in [0.29, 0.717) is 17.6 Å². The maximum absolute atomic E-state index is 6.33. The van der Waals surface area contributed by atoms with E-state index in [2.05, 4.69) is 140 Å². The first-order chi connectivity index (χ1) is 26.0. The van der Waals surface area contributed by atoms with Crippen molar-refractivity contribution in [2.75, 3.05) is 0 Å². The van der Waals surface area contributed by atoms with Crippen LogP contribution in [0.2, 0.25) is 0 Å². The summed E-state index contributed by atoms with van der Waals surface area (Å²) >= 11 is 0. The molecule has 5 heteroatoms. The molecule has 3 heterocycles. The molecule has 1 aliphatic carbocycles. The molecule has 0 saturated carbocycles. The first kappa shape index (κ1) is 29.8. The van der Waals surface area contributed by atoms with E-state index in [1.165, 1.54) is 38.6 Å². The quantitative estimate of drug-likeness (QED) is 0.186. The Balaban J connectivity index is 1.06. The average molecular weight is 681 g/mol. The van der Waals surface area contributed by atoms with Crippen molar-refractivity contribution in [1.82, 2.24) is 19.5 Å². The molecule has 0 saturated heterocycles. The van der Waals surface area contributed by atoms with E-state index in [0.717, 1.165) is 49.7 Å². The zero-order valence-corrected chi connectivity index (χ0v) is 29.2. The summed E-state index contributed by atoms with van der Waals surface area (Å²) in [4.78, 5) is 15.3. The van der Waals surface area contributed by atoms with Crippen molar-refractivity contribution in [3.63, 3.8) is 0 Å². The molecule has 0 bridgehead atoms. The normalized spacial score (nSPS) is 13.2. The highest BCUT2D eigenvalue weighted by Gasteiger charge is 2.40. The summed E-state index contributed by atoms with van der Waals surface area (Å²) in [6.45, 7) is 4.70.